The van der Waals surface area contributed by atoms with Crippen LogP contribution in [0.5, 0.6) is 0 Å². The summed E-state index contributed by atoms with van der Waals surface area (Å²) in [5.74, 6) is 1.63. The molecule has 0 amide bonds. The number of likely N-dealkylation sites (tertiary alicyclic amines) is 1. The van der Waals surface area contributed by atoms with E-state index < -0.39 is 0 Å². The molecule has 1 aliphatic heterocycles. The number of nitrogens with zero attached hydrogens (tertiary/aromatic N) is 4. The largest absolute Gasteiger partial charge is 0.387 e. The van der Waals surface area contributed by atoms with Gasteiger partial charge in [-0.3, -0.25) is 4.90 Å². The lowest BCUT2D eigenvalue weighted by Gasteiger charge is -2.33. The summed E-state index contributed by atoms with van der Waals surface area (Å²) in [6.07, 6.45) is 1.54. The van der Waals surface area contributed by atoms with E-state index in [1.54, 1.807) is 11.3 Å². The number of aliphatic hydroxyl groups is 1. The number of anilines is 3. The molecule has 0 spiro atoms. The highest BCUT2D eigenvalue weighted by molar-refractivity contribution is 7.10. The van der Waals surface area contributed by atoms with E-state index >= 15 is 0 Å². The third kappa shape index (κ3) is 5.09. The zero-order chi connectivity index (χ0) is 20.2. The Morgan fingerprint density at radius 3 is 2.76 bits per heavy atom. The van der Waals surface area contributed by atoms with E-state index in [0.29, 0.717) is 24.2 Å². The van der Waals surface area contributed by atoms with E-state index in [2.05, 4.69) is 25.2 Å². The van der Waals surface area contributed by atoms with E-state index in [4.69, 9.17) is 5.73 Å². The summed E-state index contributed by atoms with van der Waals surface area (Å²) >= 11 is 1.62. The molecule has 1 aliphatic rings. The molecule has 1 fully saturated rings. The first-order valence-corrected chi connectivity index (χ1v) is 10.7. The molecule has 0 bridgehead atoms. The number of benzene rings is 1. The lowest BCUT2D eigenvalue weighted by atomic mass is 9.90. The average molecular weight is 411 g/mol. The fourth-order valence-electron chi connectivity index (χ4n) is 3.74. The Bertz CT molecular complexity index is 940. The first kappa shape index (κ1) is 19.8. The molecule has 2 aromatic heterocycles. The van der Waals surface area contributed by atoms with Crippen molar-refractivity contribution in [3.63, 3.8) is 0 Å². The van der Waals surface area contributed by atoms with Crippen molar-refractivity contribution in [2.45, 2.75) is 32.4 Å². The van der Waals surface area contributed by atoms with E-state index in [9.17, 15) is 5.11 Å². The molecule has 0 aliphatic carbocycles. The van der Waals surface area contributed by atoms with Crippen LogP contribution < -0.4 is 11.1 Å². The van der Waals surface area contributed by atoms with Crippen molar-refractivity contribution in [3.05, 3.63) is 58.0 Å². The molecule has 0 radical (unpaired) electrons. The number of thiophene rings is 1. The molecule has 4 rings (SSSR count). The molecule has 3 heterocycles. The number of nitrogens with one attached hydrogen (secondary N) is 1. The molecule has 152 valence electrons. The van der Waals surface area contributed by atoms with Gasteiger partial charge in [0.25, 0.3) is 0 Å². The minimum atomic E-state index is -0.366. The van der Waals surface area contributed by atoms with Crippen molar-refractivity contribution in [2.24, 2.45) is 5.92 Å². The van der Waals surface area contributed by atoms with Gasteiger partial charge in [0.1, 0.15) is 5.82 Å². The van der Waals surface area contributed by atoms with Crippen molar-refractivity contribution in [1.82, 2.24) is 19.9 Å². The fraction of sp³-hybridized carbons (Fsp3) is 0.381. The molecule has 7 nitrogen and oxygen atoms in total. The van der Waals surface area contributed by atoms with Gasteiger partial charge in [0.15, 0.2) is 0 Å². The molecule has 1 saturated heterocycles. The Hall–Kier alpha value is -2.55. The van der Waals surface area contributed by atoms with Gasteiger partial charge in [-0.15, -0.1) is 11.3 Å². The number of hydrogen-bond donors (Lipinski definition) is 3. The number of piperidine rings is 1. The molecule has 8 heteroatoms. The highest BCUT2D eigenvalue weighted by Crippen LogP contribution is 2.33. The van der Waals surface area contributed by atoms with Gasteiger partial charge < -0.3 is 16.2 Å². The van der Waals surface area contributed by atoms with Gasteiger partial charge in [-0.2, -0.15) is 15.0 Å². The van der Waals surface area contributed by atoms with Crippen LogP contribution in [0, 0.1) is 12.8 Å². The molecular weight excluding hydrogens is 384 g/mol. The van der Waals surface area contributed by atoms with Gasteiger partial charge in [-0.05, 0) is 67.9 Å². The number of nitrogens with two attached hydrogens (primary N) is 1. The summed E-state index contributed by atoms with van der Waals surface area (Å²) in [4.78, 5) is 16.4. The first-order valence-electron chi connectivity index (χ1n) is 9.85. The molecule has 1 aromatic carbocycles. The lowest BCUT2D eigenvalue weighted by molar-refractivity contribution is 0.0583. The molecule has 4 N–H and O–H groups in total. The van der Waals surface area contributed by atoms with Crippen molar-refractivity contribution in [3.8, 4) is 0 Å². The summed E-state index contributed by atoms with van der Waals surface area (Å²) in [7, 11) is 0. The molecule has 3 aromatic rings. The smallest absolute Gasteiger partial charge is 0.232 e. The Morgan fingerprint density at radius 1 is 1.21 bits per heavy atom. The maximum atomic E-state index is 10.6. The van der Waals surface area contributed by atoms with Crippen molar-refractivity contribution >= 4 is 28.9 Å². The number of hydrogen-bond acceptors (Lipinski definition) is 8. The monoisotopic (exact) mass is 410 g/mol. The molecular formula is C21H26N6OS. The van der Waals surface area contributed by atoms with Crippen LogP contribution >= 0.6 is 11.3 Å². The zero-order valence-electron chi connectivity index (χ0n) is 16.5. The van der Waals surface area contributed by atoms with Crippen molar-refractivity contribution in [1.29, 1.82) is 0 Å². The second-order valence-corrected chi connectivity index (χ2v) is 8.48. The normalized spacial score (nSPS) is 16.6. The van der Waals surface area contributed by atoms with Gasteiger partial charge in [0, 0.05) is 10.6 Å². The molecule has 0 saturated carbocycles. The SMILES string of the molecule is Cc1cccc(Nc2nc(N)nc(CN3CCC(C(O)c4cccs4)CC3)n2)c1. The molecule has 29 heavy (non-hydrogen) atoms. The highest BCUT2D eigenvalue weighted by Gasteiger charge is 2.27. The van der Waals surface area contributed by atoms with E-state index in [1.807, 2.05) is 48.7 Å². The van der Waals surface area contributed by atoms with Gasteiger partial charge >= 0.3 is 0 Å². The number of nitrogen functional groups attached to an aromatic ring is 1. The predicted molar refractivity (Wildman–Crippen MR) is 116 cm³/mol. The Balaban J connectivity index is 1.37. The van der Waals surface area contributed by atoms with Crippen LogP contribution in [-0.2, 0) is 6.54 Å². The Labute approximate surface area is 174 Å². The summed E-state index contributed by atoms with van der Waals surface area (Å²) in [6.45, 7) is 4.47. The second kappa shape index (κ2) is 8.86. The third-order valence-electron chi connectivity index (χ3n) is 5.25. The standard InChI is InChI=1S/C21H26N6OS/c1-14-4-2-5-16(12-14)23-21-25-18(24-20(22)26-21)13-27-9-7-15(8-10-27)19(28)17-6-3-11-29-17/h2-6,11-12,15,19,28H,7-10,13H2,1H3,(H3,22,23,24,25,26). The van der Waals surface area contributed by atoms with Crippen LogP contribution in [0.1, 0.15) is 35.2 Å². The van der Waals surface area contributed by atoms with Crippen LogP contribution in [-0.4, -0.2) is 38.0 Å². The lowest BCUT2D eigenvalue weighted by Crippen LogP contribution is -2.35. The molecule has 1 atom stereocenters. The first-order chi connectivity index (χ1) is 14.1. The Kier molecular flexibility index (Phi) is 6.03. The molecule has 1 unspecified atom stereocenters. The van der Waals surface area contributed by atoms with Gasteiger partial charge in [-0.25, -0.2) is 0 Å². The fourth-order valence-corrected chi connectivity index (χ4v) is 4.54. The maximum absolute atomic E-state index is 10.6. The van der Waals surface area contributed by atoms with Crippen molar-refractivity contribution in [2.75, 3.05) is 24.1 Å². The van der Waals surface area contributed by atoms with Crippen LogP contribution in [0.3, 0.4) is 0 Å². The third-order valence-corrected chi connectivity index (χ3v) is 6.19. The van der Waals surface area contributed by atoms with E-state index in [-0.39, 0.29) is 12.1 Å². The quantitative estimate of drug-likeness (QED) is 0.572. The summed E-state index contributed by atoms with van der Waals surface area (Å²) in [5.41, 5.74) is 7.99. The minimum Gasteiger partial charge on any atom is -0.387 e. The number of rotatable bonds is 6. The highest BCUT2D eigenvalue weighted by atomic mass is 32.1. The van der Waals surface area contributed by atoms with Crippen LogP contribution in [0.15, 0.2) is 41.8 Å². The van der Waals surface area contributed by atoms with Crippen LogP contribution in [0.25, 0.3) is 0 Å². The maximum Gasteiger partial charge on any atom is 0.232 e. The number of aliphatic hydroxyl groups excluding tert-OH is 1. The topological polar surface area (TPSA) is 100 Å². The zero-order valence-corrected chi connectivity index (χ0v) is 17.3. The number of aryl methyl sites for hydroxylation is 1. The summed E-state index contributed by atoms with van der Waals surface area (Å²) in [5, 5.41) is 15.8. The average Bonchev–Trinajstić information content (AvgIpc) is 3.22. The van der Waals surface area contributed by atoms with E-state index in [1.165, 1.54) is 0 Å². The van der Waals surface area contributed by atoms with Gasteiger partial charge in [-0.1, -0.05) is 18.2 Å². The predicted octanol–water partition coefficient (Wildman–Crippen LogP) is 3.51. The summed E-state index contributed by atoms with van der Waals surface area (Å²) < 4.78 is 0. The van der Waals surface area contributed by atoms with Crippen LogP contribution in [0.4, 0.5) is 17.6 Å². The van der Waals surface area contributed by atoms with Crippen molar-refractivity contribution < 1.29 is 5.11 Å². The minimum absolute atomic E-state index is 0.216. The second-order valence-electron chi connectivity index (χ2n) is 7.50. The number of aromatic nitrogens is 3. The van der Waals surface area contributed by atoms with Gasteiger partial charge in [0.05, 0.1) is 12.6 Å². The van der Waals surface area contributed by atoms with E-state index in [0.717, 1.165) is 42.1 Å². The van der Waals surface area contributed by atoms with Gasteiger partial charge in [0.2, 0.25) is 11.9 Å². The van der Waals surface area contributed by atoms with Crippen LogP contribution in [0.2, 0.25) is 0 Å². The Morgan fingerprint density at radius 2 is 2.03 bits per heavy atom. The summed E-state index contributed by atoms with van der Waals surface area (Å²) in [6, 6.07) is 12.0.